The van der Waals surface area contributed by atoms with Crippen molar-refractivity contribution >= 4 is 11.0 Å². The van der Waals surface area contributed by atoms with Crippen LogP contribution in [0.3, 0.4) is 0 Å². The number of benzene rings is 2. The van der Waals surface area contributed by atoms with Gasteiger partial charge in [-0.05, 0) is 19.1 Å². The summed E-state index contributed by atoms with van der Waals surface area (Å²) in [5, 5.41) is 0.531. The van der Waals surface area contributed by atoms with Crippen molar-refractivity contribution in [2.24, 2.45) is 0 Å². The van der Waals surface area contributed by atoms with Crippen molar-refractivity contribution in [3.63, 3.8) is 0 Å². The van der Waals surface area contributed by atoms with E-state index in [0.717, 1.165) is 11.1 Å². The molecule has 0 aliphatic carbocycles. The molecule has 1 nitrogen and oxygen atoms in total. The smallest absolute Gasteiger partial charge is 0.177 e. The molecule has 2 heteroatoms. The SMILES string of the molecule is Cc1ccc(-c2oc3ccccc3c2F)cc1. The van der Waals surface area contributed by atoms with Gasteiger partial charge in [-0.15, -0.1) is 0 Å². The Morgan fingerprint density at radius 3 is 2.35 bits per heavy atom. The maximum Gasteiger partial charge on any atom is 0.177 e. The first-order valence-electron chi connectivity index (χ1n) is 5.50. The second-order valence-corrected chi connectivity index (χ2v) is 4.11. The van der Waals surface area contributed by atoms with Gasteiger partial charge >= 0.3 is 0 Å². The maximum atomic E-state index is 14.1. The fourth-order valence-electron chi connectivity index (χ4n) is 1.90. The van der Waals surface area contributed by atoms with Crippen LogP contribution in [0.1, 0.15) is 5.56 Å². The molecule has 1 heterocycles. The third-order valence-electron chi connectivity index (χ3n) is 2.85. The maximum absolute atomic E-state index is 14.1. The summed E-state index contributed by atoms with van der Waals surface area (Å²) in [6.45, 7) is 2.00. The van der Waals surface area contributed by atoms with Crippen LogP contribution in [0.4, 0.5) is 4.39 Å². The van der Waals surface area contributed by atoms with Crippen molar-refractivity contribution in [1.82, 2.24) is 0 Å². The summed E-state index contributed by atoms with van der Waals surface area (Å²) in [4.78, 5) is 0. The fourth-order valence-corrected chi connectivity index (χ4v) is 1.90. The lowest BCUT2D eigenvalue weighted by Crippen LogP contribution is -1.79. The highest BCUT2D eigenvalue weighted by atomic mass is 19.1. The Labute approximate surface area is 98.5 Å². The second-order valence-electron chi connectivity index (χ2n) is 4.11. The van der Waals surface area contributed by atoms with Gasteiger partial charge in [0.05, 0.1) is 5.39 Å². The summed E-state index contributed by atoms with van der Waals surface area (Å²) in [5.74, 6) is 0.0238. The van der Waals surface area contributed by atoms with Crippen LogP contribution in [0.5, 0.6) is 0 Å². The third kappa shape index (κ3) is 1.62. The van der Waals surface area contributed by atoms with Crippen LogP contribution in [0.2, 0.25) is 0 Å². The first-order chi connectivity index (χ1) is 8.25. The number of aryl methyl sites for hydroxylation is 1. The Balaban J connectivity index is 2.24. The first-order valence-corrected chi connectivity index (χ1v) is 5.50. The summed E-state index contributed by atoms with van der Waals surface area (Å²) in [7, 11) is 0. The molecule has 0 spiro atoms. The molecule has 0 aliphatic rings. The monoisotopic (exact) mass is 226 g/mol. The van der Waals surface area contributed by atoms with Crippen LogP contribution in [0, 0.1) is 12.7 Å². The van der Waals surface area contributed by atoms with Crippen molar-refractivity contribution < 1.29 is 8.81 Å². The van der Waals surface area contributed by atoms with Gasteiger partial charge in [-0.25, -0.2) is 4.39 Å². The predicted octanol–water partition coefficient (Wildman–Crippen LogP) is 4.55. The zero-order valence-corrected chi connectivity index (χ0v) is 9.41. The number of hydrogen-bond donors (Lipinski definition) is 0. The van der Waals surface area contributed by atoms with E-state index in [4.69, 9.17) is 4.42 Å². The van der Waals surface area contributed by atoms with Crippen LogP contribution >= 0.6 is 0 Å². The number of halogens is 1. The fraction of sp³-hybridized carbons (Fsp3) is 0.0667. The lowest BCUT2D eigenvalue weighted by atomic mass is 10.1. The Bertz CT molecular complexity index is 665. The molecular formula is C15H11FO. The minimum Gasteiger partial charge on any atom is -0.453 e. The van der Waals surface area contributed by atoms with Crippen molar-refractivity contribution in [3.05, 3.63) is 59.9 Å². The predicted molar refractivity (Wildman–Crippen MR) is 66.3 cm³/mol. The molecular weight excluding hydrogens is 215 g/mol. The molecule has 0 N–H and O–H groups in total. The van der Waals surface area contributed by atoms with Crippen molar-refractivity contribution in [1.29, 1.82) is 0 Å². The van der Waals surface area contributed by atoms with Gasteiger partial charge in [-0.1, -0.05) is 42.0 Å². The Hall–Kier alpha value is -2.09. The Morgan fingerprint density at radius 1 is 0.941 bits per heavy atom. The van der Waals surface area contributed by atoms with Crippen LogP contribution in [0.15, 0.2) is 52.9 Å². The molecule has 0 amide bonds. The van der Waals surface area contributed by atoms with E-state index in [9.17, 15) is 4.39 Å². The highest BCUT2D eigenvalue weighted by Gasteiger charge is 2.14. The molecule has 3 aromatic rings. The Morgan fingerprint density at radius 2 is 1.65 bits per heavy atom. The van der Waals surface area contributed by atoms with Crippen LogP contribution in [-0.4, -0.2) is 0 Å². The topological polar surface area (TPSA) is 13.1 Å². The molecule has 0 aliphatic heterocycles. The summed E-state index contributed by atoms with van der Waals surface area (Å²) in [5.41, 5.74) is 2.50. The standard InChI is InChI=1S/C15H11FO/c1-10-6-8-11(9-7-10)15-14(16)12-4-2-3-5-13(12)17-15/h2-9H,1H3. The molecule has 1 aromatic heterocycles. The van der Waals surface area contributed by atoms with Crippen LogP contribution in [0.25, 0.3) is 22.3 Å². The van der Waals surface area contributed by atoms with Gasteiger partial charge in [0.1, 0.15) is 5.58 Å². The van der Waals surface area contributed by atoms with E-state index >= 15 is 0 Å². The van der Waals surface area contributed by atoms with Crippen molar-refractivity contribution in [2.75, 3.05) is 0 Å². The minimum atomic E-state index is -0.288. The summed E-state index contributed by atoms with van der Waals surface area (Å²) in [6, 6.07) is 14.8. The molecule has 17 heavy (non-hydrogen) atoms. The van der Waals surface area contributed by atoms with E-state index in [1.807, 2.05) is 37.3 Å². The lowest BCUT2D eigenvalue weighted by molar-refractivity contribution is 0.574. The third-order valence-corrected chi connectivity index (χ3v) is 2.85. The average Bonchev–Trinajstić information content (AvgIpc) is 2.69. The summed E-state index contributed by atoms with van der Waals surface area (Å²) < 4.78 is 19.7. The van der Waals surface area contributed by atoms with Gasteiger partial charge in [0.2, 0.25) is 0 Å². The van der Waals surface area contributed by atoms with E-state index < -0.39 is 0 Å². The highest BCUT2D eigenvalue weighted by molar-refractivity contribution is 5.83. The van der Waals surface area contributed by atoms with Gasteiger partial charge in [-0.2, -0.15) is 0 Å². The largest absolute Gasteiger partial charge is 0.453 e. The Kier molecular flexibility index (Phi) is 2.22. The zero-order chi connectivity index (χ0) is 11.8. The van der Waals surface area contributed by atoms with E-state index in [-0.39, 0.29) is 5.82 Å². The number of furan rings is 1. The average molecular weight is 226 g/mol. The molecule has 0 fully saturated rings. The molecule has 0 unspecified atom stereocenters. The molecule has 0 bridgehead atoms. The molecule has 0 saturated heterocycles. The van der Waals surface area contributed by atoms with E-state index in [1.165, 1.54) is 0 Å². The van der Waals surface area contributed by atoms with E-state index in [0.29, 0.717) is 16.7 Å². The van der Waals surface area contributed by atoms with E-state index in [2.05, 4.69) is 0 Å². The molecule has 84 valence electrons. The summed E-state index contributed by atoms with van der Waals surface area (Å²) in [6.07, 6.45) is 0. The minimum absolute atomic E-state index is 0.288. The van der Waals surface area contributed by atoms with Gasteiger partial charge in [-0.3, -0.25) is 0 Å². The van der Waals surface area contributed by atoms with Gasteiger partial charge in [0, 0.05) is 5.56 Å². The number of rotatable bonds is 1. The van der Waals surface area contributed by atoms with Crippen molar-refractivity contribution in [2.45, 2.75) is 6.92 Å². The number of hydrogen-bond acceptors (Lipinski definition) is 1. The first kappa shape index (κ1) is 10.1. The van der Waals surface area contributed by atoms with Gasteiger partial charge in [0.25, 0.3) is 0 Å². The zero-order valence-electron chi connectivity index (χ0n) is 9.41. The molecule has 3 rings (SSSR count). The van der Waals surface area contributed by atoms with Crippen molar-refractivity contribution in [3.8, 4) is 11.3 Å². The molecule has 0 radical (unpaired) electrons. The van der Waals surface area contributed by atoms with Gasteiger partial charge < -0.3 is 4.42 Å². The quantitative estimate of drug-likeness (QED) is 0.593. The lowest BCUT2D eigenvalue weighted by Gasteiger charge is -1.97. The van der Waals surface area contributed by atoms with Crippen LogP contribution < -0.4 is 0 Å². The van der Waals surface area contributed by atoms with Crippen LogP contribution in [-0.2, 0) is 0 Å². The van der Waals surface area contributed by atoms with Gasteiger partial charge in [0.15, 0.2) is 11.6 Å². The highest BCUT2D eigenvalue weighted by Crippen LogP contribution is 2.31. The number of para-hydroxylation sites is 1. The normalized spacial score (nSPS) is 10.9. The second kappa shape index (κ2) is 3.74. The molecule has 0 atom stereocenters. The van der Waals surface area contributed by atoms with E-state index in [1.54, 1.807) is 18.2 Å². The number of fused-ring (bicyclic) bond motifs is 1. The molecule has 2 aromatic carbocycles. The molecule has 0 saturated carbocycles. The summed E-state index contributed by atoms with van der Waals surface area (Å²) >= 11 is 0.